The fourth-order valence-electron chi connectivity index (χ4n) is 4.36. The Kier molecular flexibility index (Phi) is 7.61. The molecule has 0 radical (unpaired) electrons. The van der Waals surface area contributed by atoms with Gasteiger partial charge in [-0.1, -0.05) is 24.3 Å². The van der Waals surface area contributed by atoms with Gasteiger partial charge >= 0.3 is 0 Å². The number of rotatable bonds is 9. The molecular formula is C25H34N6O. The first kappa shape index (κ1) is 22.1. The number of likely N-dealkylation sites (tertiary alicyclic amines) is 1. The highest BCUT2D eigenvalue weighted by atomic mass is 16.5. The molecule has 1 saturated heterocycles. The molecule has 0 aliphatic carbocycles. The van der Waals surface area contributed by atoms with Crippen molar-refractivity contribution in [1.82, 2.24) is 25.5 Å². The molecule has 7 heteroatoms. The van der Waals surface area contributed by atoms with E-state index < -0.39 is 0 Å². The molecule has 3 aromatic rings. The predicted molar refractivity (Wildman–Crippen MR) is 130 cm³/mol. The number of aliphatic imine (C=N–C) groups is 1. The van der Waals surface area contributed by atoms with Gasteiger partial charge in [-0.2, -0.15) is 0 Å². The number of aryl methyl sites for hydroxylation is 1. The summed E-state index contributed by atoms with van der Waals surface area (Å²) in [7, 11) is 3.55. The molecule has 3 N–H and O–H groups in total. The number of aromatic amines is 1. The van der Waals surface area contributed by atoms with Crippen LogP contribution < -0.4 is 15.4 Å². The molecule has 0 amide bonds. The molecule has 1 atom stereocenters. The predicted octanol–water partition coefficient (Wildman–Crippen LogP) is 3.51. The van der Waals surface area contributed by atoms with Crippen LogP contribution >= 0.6 is 0 Å². The van der Waals surface area contributed by atoms with Crippen LogP contribution in [0.4, 0.5) is 0 Å². The van der Waals surface area contributed by atoms with Crippen molar-refractivity contribution in [3.05, 3.63) is 59.9 Å². The third-order valence-electron chi connectivity index (χ3n) is 6.07. The Morgan fingerprint density at radius 3 is 2.78 bits per heavy atom. The summed E-state index contributed by atoms with van der Waals surface area (Å²) in [6.07, 6.45) is 4.40. The summed E-state index contributed by atoms with van der Waals surface area (Å²) in [5.74, 6) is 2.77. The maximum Gasteiger partial charge on any atom is 0.191 e. The first-order chi connectivity index (χ1) is 15.8. The molecule has 1 aliphatic rings. The molecule has 1 fully saturated rings. The van der Waals surface area contributed by atoms with E-state index in [1.807, 2.05) is 31.3 Å². The molecule has 170 valence electrons. The number of guanidine groups is 1. The fourth-order valence-corrected chi connectivity index (χ4v) is 4.36. The largest absolute Gasteiger partial charge is 0.497 e. The van der Waals surface area contributed by atoms with E-state index >= 15 is 0 Å². The minimum absolute atomic E-state index is 0.293. The van der Waals surface area contributed by atoms with Gasteiger partial charge in [0.1, 0.15) is 11.6 Å². The van der Waals surface area contributed by atoms with Crippen molar-refractivity contribution in [2.45, 2.75) is 31.7 Å². The number of hydrogen-bond acceptors (Lipinski definition) is 4. The number of methoxy groups -OCH3 is 1. The summed E-state index contributed by atoms with van der Waals surface area (Å²) in [6, 6.07) is 16.9. The van der Waals surface area contributed by atoms with E-state index in [4.69, 9.17) is 4.74 Å². The van der Waals surface area contributed by atoms with E-state index in [0.717, 1.165) is 67.6 Å². The maximum atomic E-state index is 5.45. The zero-order valence-corrected chi connectivity index (χ0v) is 19.1. The topological polar surface area (TPSA) is 77.6 Å². The molecule has 32 heavy (non-hydrogen) atoms. The third-order valence-corrected chi connectivity index (χ3v) is 6.07. The highest BCUT2D eigenvalue weighted by Gasteiger charge is 2.24. The first-order valence-electron chi connectivity index (χ1n) is 11.5. The van der Waals surface area contributed by atoms with Gasteiger partial charge in [0, 0.05) is 26.6 Å². The second-order valence-electron chi connectivity index (χ2n) is 8.22. The lowest BCUT2D eigenvalue weighted by Crippen LogP contribution is -2.43. The second-order valence-corrected chi connectivity index (χ2v) is 8.22. The van der Waals surface area contributed by atoms with Crippen molar-refractivity contribution in [2.75, 3.05) is 40.3 Å². The Morgan fingerprint density at radius 2 is 2.00 bits per heavy atom. The SMILES string of the molecule is CN=C(NCCCc1nc2ccccc2[nH]1)NCC(c1cccc(OC)c1)N1CCCC1. The van der Waals surface area contributed by atoms with Crippen LogP contribution in [0.5, 0.6) is 5.75 Å². The highest BCUT2D eigenvalue weighted by molar-refractivity contribution is 5.79. The van der Waals surface area contributed by atoms with Crippen molar-refractivity contribution in [3.63, 3.8) is 0 Å². The third kappa shape index (κ3) is 5.59. The second kappa shape index (κ2) is 11.0. The summed E-state index contributed by atoms with van der Waals surface area (Å²) in [6.45, 7) is 3.90. The monoisotopic (exact) mass is 434 g/mol. The van der Waals surface area contributed by atoms with Crippen molar-refractivity contribution in [2.24, 2.45) is 4.99 Å². The number of aromatic nitrogens is 2. The fraction of sp³-hybridized carbons (Fsp3) is 0.440. The molecule has 0 spiro atoms. The van der Waals surface area contributed by atoms with Crippen molar-refractivity contribution < 1.29 is 4.74 Å². The molecule has 4 rings (SSSR count). The van der Waals surface area contributed by atoms with E-state index in [1.54, 1.807) is 7.11 Å². The minimum Gasteiger partial charge on any atom is -0.497 e. The van der Waals surface area contributed by atoms with Crippen LogP contribution in [0, 0.1) is 0 Å². The van der Waals surface area contributed by atoms with Gasteiger partial charge in [-0.05, 0) is 62.2 Å². The minimum atomic E-state index is 0.293. The van der Waals surface area contributed by atoms with Crippen LogP contribution in [-0.4, -0.2) is 61.2 Å². The summed E-state index contributed by atoms with van der Waals surface area (Å²) in [5.41, 5.74) is 3.40. The molecule has 1 aromatic heterocycles. The van der Waals surface area contributed by atoms with Crippen molar-refractivity contribution >= 4 is 17.0 Å². The first-order valence-corrected chi connectivity index (χ1v) is 11.5. The quantitative estimate of drug-likeness (QED) is 0.273. The van der Waals surface area contributed by atoms with Gasteiger partial charge in [0.2, 0.25) is 0 Å². The number of fused-ring (bicyclic) bond motifs is 1. The molecular weight excluding hydrogens is 400 g/mol. The van der Waals surface area contributed by atoms with E-state index in [1.165, 1.54) is 18.4 Å². The van der Waals surface area contributed by atoms with Gasteiger partial charge < -0.3 is 20.4 Å². The number of imidazole rings is 1. The molecule has 0 saturated carbocycles. The standard InChI is InChI=1S/C25H34N6O/c1-26-25(27-14-8-13-24-29-21-11-3-4-12-22(21)30-24)28-18-23(31-15-5-6-16-31)19-9-7-10-20(17-19)32-2/h3-4,7,9-12,17,23H,5-6,8,13-16,18H2,1-2H3,(H,29,30)(H2,26,27,28). The molecule has 7 nitrogen and oxygen atoms in total. The van der Waals surface area contributed by atoms with Crippen molar-refractivity contribution in [1.29, 1.82) is 0 Å². The lowest BCUT2D eigenvalue weighted by molar-refractivity contribution is 0.245. The van der Waals surface area contributed by atoms with Gasteiger partial charge in [-0.3, -0.25) is 9.89 Å². The van der Waals surface area contributed by atoms with Gasteiger partial charge in [-0.15, -0.1) is 0 Å². The summed E-state index contributed by atoms with van der Waals surface area (Å²) in [5, 5.41) is 6.98. The van der Waals surface area contributed by atoms with Crippen LogP contribution in [-0.2, 0) is 6.42 Å². The van der Waals surface area contributed by atoms with E-state index in [0.29, 0.717) is 6.04 Å². The Morgan fingerprint density at radius 1 is 1.16 bits per heavy atom. The average Bonchev–Trinajstić information content (AvgIpc) is 3.50. The Bertz CT molecular complexity index is 991. The molecule has 0 bridgehead atoms. The zero-order valence-electron chi connectivity index (χ0n) is 19.1. The van der Waals surface area contributed by atoms with Crippen LogP contribution in [0.15, 0.2) is 53.5 Å². The number of nitrogens with zero attached hydrogens (tertiary/aromatic N) is 3. The number of hydrogen-bond donors (Lipinski definition) is 3. The van der Waals surface area contributed by atoms with Gasteiger partial charge in [0.25, 0.3) is 0 Å². The van der Waals surface area contributed by atoms with Crippen LogP contribution in [0.1, 0.15) is 36.7 Å². The summed E-state index contributed by atoms with van der Waals surface area (Å²) < 4.78 is 5.45. The smallest absolute Gasteiger partial charge is 0.191 e. The summed E-state index contributed by atoms with van der Waals surface area (Å²) in [4.78, 5) is 15.0. The molecule has 1 aliphatic heterocycles. The number of benzene rings is 2. The number of ether oxygens (including phenoxy) is 1. The number of nitrogens with one attached hydrogen (secondary N) is 3. The normalized spacial score (nSPS) is 15.8. The Labute approximate surface area is 190 Å². The molecule has 2 aromatic carbocycles. The molecule has 2 heterocycles. The van der Waals surface area contributed by atoms with Gasteiger partial charge in [-0.25, -0.2) is 4.98 Å². The Balaban J connectivity index is 1.29. The van der Waals surface area contributed by atoms with Gasteiger partial charge in [0.05, 0.1) is 24.2 Å². The maximum absolute atomic E-state index is 5.45. The van der Waals surface area contributed by atoms with Crippen LogP contribution in [0.2, 0.25) is 0 Å². The van der Waals surface area contributed by atoms with E-state index in [2.05, 4.69) is 54.8 Å². The zero-order chi connectivity index (χ0) is 22.2. The highest BCUT2D eigenvalue weighted by Crippen LogP contribution is 2.27. The molecule has 1 unspecified atom stereocenters. The van der Waals surface area contributed by atoms with Crippen LogP contribution in [0.25, 0.3) is 11.0 Å². The lowest BCUT2D eigenvalue weighted by atomic mass is 10.1. The lowest BCUT2D eigenvalue weighted by Gasteiger charge is -2.29. The van der Waals surface area contributed by atoms with E-state index in [-0.39, 0.29) is 0 Å². The Hall–Kier alpha value is -3.06. The van der Waals surface area contributed by atoms with Crippen molar-refractivity contribution in [3.8, 4) is 5.75 Å². The number of H-pyrrole nitrogens is 1. The summed E-state index contributed by atoms with van der Waals surface area (Å²) >= 11 is 0. The van der Waals surface area contributed by atoms with E-state index in [9.17, 15) is 0 Å². The number of para-hydroxylation sites is 2. The van der Waals surface area contributed by atoms with Gasteiger partial charge in [0.15, 0.2) is 5.96 Å². The average molecular weight is 435 g/mol. The van der Waals surface area contributed by atoms with Crippen LogP contribution in [0.3, 0.4) is 0 Å².